The Morgan fingerprint density at radius 3 is 2.59 bits per heavy atom. The number of aryl methyl sites for hydroxylation is 2. The van der Waals surface area contributed by atoms with E-state index in [0.717, 1.165) is 30.6 Å². The van der Waals surface area contributed by atoms with Crippen molar-refractivity contribution in [1.29, 1.82) is 0 Å². The van der Waals surface area contributed by atoms with Gasteiger partial charge in [-0.1, -0.05) is 18.2 Å². The average molecular weight is 412 g/mol. The van der Waals surface area contributed by atoms with E-state index in [-0.39, 0.29) is 30.5 Å². The van der Waals surface area contributed by atoms with Crippen molar-refractivity contribution in [3.63, 3.8) is 0 Å². The number of nitrogens with one attached hydrogen (secondary N) is 3. The summed E-state index contributed by atoms with van der Waals surface area (Å²) in [4.78, 5) is 51.5. The van der Waals surface area contributed by atoms with Gasteiger partial charge in [-0.2, -0.15) is 0 Å². The van der Waals surface area contributed by atoms with Crippen molar-refractivity contribution in [2.45, 2.75) is 32.2 Å². The number of carbonyl (C=O) groups is 4. The molecule has 9 heteroatoms. The first-order chi connectivity index (χ1) is 14.0. The van der Waals surface area contributed by atoms with Gasteiger partial charge in [-0.3, -0.25) is 30.1 Å². The molecule has 3 N–H and O–H groups in total. The van der Waals surface area contributed by atoms with E-state index < -0.39 is 11.9 Å². The van der Waals surface area contributed by atoms with Crippen molar-refractivity contribution in [2.75, 3.05) is 6.54 Å². The Morgan fingerprint density at radius 2 is 1.83 bits per heavy atom. The molecule has 0 bridgehead atoms. The van der Waals surface area contributed by atoms with E-state index in [0.29, 0.717) is 10.4 Å². The summed E-state index contributed by atoms with van der Waals surface area (Å²) in [6.45, 7) is -0.0616. The molecule has 1 aromatic heterocycles. The number of hydrogen-bond acceptors (Lipinski definition) is 5. The van der Waals surface area contributed by atoms with Crippen LogP contribution in [0.15, 0.2) is 30.3 Å². The van der Waals surface area contributed by atoms with Gasteiger partial charge in [0.25, 0.3) is 11.8 Å². The van der Waals surface area contributed by atoms with Crippen LogP contribution in [0.2, 0.25) is 0 Å². The molecular formula is C20H20N4O4S. The minimum atomic E-state index is -0.512. The van der Waals surface area contributed by atoms with Crippen molar-refractivity contribution in [3.8, 4) is 0 Å². The average Bonchev–Trinajstić information content (AvgIpc) is 3.31. The van der Waals surface area contributed by atoms with E-state index in [1.807, 2.05) is 6.07 Å². The van der Waals surface area contributed by atoms with E-state index in [1.54, 1.807) is 24.3 Å². The molecule has 0 saturated carbocycles. The third kappa shape index (κ3) is 4.00. The zero-order chi connectivity index (χ0) is 20.4. The number of imide groups is 1. The molecule has 2 aliphatic rings. The second-order valence-corrected chi connectivity index (χ2v) is 8.11. The Kier molecular flexibility index (Phi) is 5.30. The highest BCUT2D eigenvalue weighted by atomic mass is 32.1. The fourth-order valence-corrected chi connectivity index (χ4v) is 4.66. The van der Waals surface area contributed by atoms with Crippen LogP contribution >= 0.6 is 11.3 Å². The summed E-state index contributed by atoms with van der Waals surface area (Å²) in [7, 11) is 0. The van der Waals surface area contributed by atoms with E-state index in [4.69, 9.17) is 0 Å². The van der Waals surface area contributed by atoms with Crippen LogP contribution < -0.4 is 16.2 Å². The van der Waals surface area contributed by atoms with E-state index in [9.17, 15) is 19.2 Å². The number of carbonyl (C=O) groups excluding carboxylic acids is 4. The highest BCUT2D eigenvalue weighted by molar-refractivity contribution is 7.14. The SMILES string of the molecule is O=C(NNC(=O)c1ccccc1CN1C(=O)CNC1=O)c1cc2c(s1)CCCC2. The van der Waals surface area contributed by atoms with E-state index in [1.165, 1.54) is 21.8 Å². The molecular weight excluding hydrogens is 392 g/mol. The molecule has 1 saturated heterocycles. The maximum Gasteiger partial charge on any atom is 0.324 e. The molecule has 8 nitrogen and oxygen atoms in total. The van der Waals surface area contributed by atoms with E-state index in [2.05, 4.69) is 16.2 Å². The molecule has 2 heterocycles. The van der Waals surface area contributed by atoms with Gasteiger partial charge in [0.15, 0.2) is 0 Å². The summed E-state index contributed by atoms with van der Waals surface area (Å²) in [5.41, 5.74) is 6.90. The molecule has 29 heavy (non-hydrogen) atoms. The first-order valence-electron chi connectivity index (χ1n) is 9.41. The van der Waals surface area contributed by atoms with Crippen molar-refractivity contribution in [2.24, 2.45) is 0 Å². The van der Waals surface area contributed by atoms with Gasteiger partial charge in [0.05, 0.1) is 18.0 Å². The van der Waals surface area contributed by atoms with Crippen LogP contribution in [0.5, 0.6) is 0 Å². The molecule has 0 spiro atoms. The standard InChI is InChI=1S/C20H20N4O4S/c25-17-10-21-20(28)24(17)11-13-6-1-3-7-14(13)18(26)22-23-19(27)16-9-12-5-2-4-8-15(12)29-16/h1,3,6-7,9H,2,4-5,8,10-11H2,(H,21,28)(H,22,26)(H,23,27). The first kappa shape index (κ1) is 19.1. The number of fused-ring (bicyclic) bond motifs is 1. The molecule has 1 fully saturated rings. The van der Waals surface area contributed by atoms with Gasteiger partial charge in [-0.05, 0) is 48.9 Å². The smallest absolute Gasteiger partial charge is 0.324 e. The van der Waals surface area contributed by atoms with Crippen molar-refractivity contribution < 1.29 is 19.2 Å². The topological polar surface area (TPSA) is 108 Å². The molecule has 0 radical (unpaired) electrons. The fraction of sp³-hybridized carbons (Fsp3) is 0.300. The number of hydrazine groups is 1. The van der Waals surface area contributed by atoms with Crippen LogP contribution in [0.3, 0.4) is 0 Å². The summed E-state index contributed by atoms with van der Waals surface area (Å²) in [6, 6.07) is 8.06. The zero-order valence-corrected chi connectivity index (χ0v) is 16.4. The van der Waals surface area contributed by atoms with Crippen LogP contribution in [0, 0.1) is 0 Å². The van der Waals surface area contributed by atoms with Crippen molar-refractivity contribution in [1.82, 2.24) is 21.1 Å². The van der Waals surface area contributed by atoms with Gasteiger partial charge in [-0.25, -0.2) is 4.79 Å². The van der Waals surface area contributed by atoms with Crippen LogP contribution in [0.4, 0.5) is 4.79 Å². The monoisotopic (exact) mass is 412 g/mol. The van der Waals surface area contributed by atoms with Gasteiger partial charge in [0.1, 0.15) is 0 Å². The third-order valence-electron chi connectivity index (χ3n) is 5.04. The zero-order valence-electron chi connectivity index (χ0n) is 15.6. The summed E-state index contributed by atoms with van der Waals surface area (Å²) in [5, 5.41) is 2.45. The highest BCUT2D eigenvalue weighted by Crippen LogP contribution is 2.29. The lowest BCUT2D eigenvalue weighted by atomic mass is 9.99. The largest absolute Gasteiger partial charge is 0.329 e. The lowest BCUT2D eigenvalue weighted by Gasteiger charge is -2.15. The number of nitrogens with zero attached hydrogens (tertiary/aromatic N) is 1. The minimum absolute atomic E-state index is 0.0140. The van der Waals surface area contributed by atoms with Crippen molar-refractivity contribution >= 4 is 35.1 Å². The molecule has 5 amide bonds. The predicted molar refractivity (Wildman–Crippen MR) is 106 cm³/mol. The molecule has 1 aliphatic carbocycles. The predicted octanol–water partition coefficient (Wildman–Crippen LogP) is 1.75. The third-order valence-corrected chi connectivity index (χ3v) is 6.27. The maximum atomic E-state index is 12.6. The number of amides is 5. The highest BCUT2D eigenvalue weighted by Gasteiger charge is 2.29. The first-order valence-corrected chi connectivity index (χ1v) is 10.2. The summed E-state index contributed by atoms with van der Waals surface area (Å²) in [5.74, 6) is -1.22. The molecule has 0 atom stereocenters. The lowest BCUT2D eigenvalue weighted by Crippen LogP contribution is -2.42. The van der Waals surface area contributed by atoms with Gasteiger partial charge in [0.2, 0.25) is 5.91 Å². The second kappa shape index (κ2) is 8.04. The molecule has 150 valence electrons. The number of hydrogen-bond donors (Lipinski definition) is 3. The van der Waals surface area contributed by atoms with Gasteiger partial charge >= 0.3 is 6.03 Å². The number of thiophene rings is 1. The minimum Gasteiger partial charge on any atom is -0.329 e. The van der Waals surface area contributed by atoms with Crippen LogP contribution in [-0.2, 0) is 24.2 Å². The number of benzene rings is 1. The number of rotatable bonds is 4. The molecule has 0 unspecified atom stereocenters. The quantitative estimate of drug-likeness (QED) is 0.525. The van der Waals surface area contributed by atoms with Crippen LogP contribution in [0.25, 0.3) is 0 Å². The van der Waals surface area contributed by atoms with Gasteiger partial charge in [0, 0.05) is 10.4 Å². The molecule has 1 aromatic carbocycles. The summed E-state index contributed by atoms with van der Waals surface area (Å²) >= 11 is 1.46. The summed E-state index contributed by atoms with van der Waals surface area (Å²) < 4.78 is 0. The maximum absolute atomic E-state index is 12.6. The molecule has 4 rings (SSSR count). The fourth-order valence-electron chi connectivity index (χ4n) is 3.51. The Hall–Kier alpha value is -3.20. The summed E-state index contributed by atoms with van der Waals surface area (Å²) in [6.07, 6.45) is 4.26. The Labute approximate surface area is 171 Å². The van der Waals surface area contributed by atoms with Crippen molar-refractivity contribution in [3.05, 3.63) is 56.8 Å². The Bertz CT molecular complexity index is 961. The normalized spacial score (nSPS) is 15.7. The molecule has 2 aromatic rings. The lowest BCUT2D eigenvalue weighted by molar-refractivity contribution is -0.125. The van der Waals surface area contributed by atoms with Gasteiger partial charge < -0.3 is 5.32 Å². The van der Waals surface area contributed by atoms with Crippen LogP contribution in [0.1, 0.15) is 48.9 Å². The van der Waals surface area contributed by atoms with Crippen LogP contribution in [-0.4, -0.2) is 35.2 Å². The van der Waals surface area contributed by atoms with Gasteiger partial charge in [-0.15, -0.1) is 11.3 Å². The second-order valence-electron chi connectivity index (χ2n) is 6.97. The Balaban J connectivity index is 1.42. The molecule has 1 aliphatic heterocycles. The van der Waals surface area contributed by atoms with E-state index >= 15 is 0 Å². The Morgan fingerprint density at radius 1 is 1.07 bits per heavy atom. The number of urea groups is 1.